The van der Waals surface area contributed by atoms with Crippen molar-refractivity contribution >= 4 is 34.0 Å². The second-order valence-corrected chi connectivity index (χ2v) is 4.62. The summed E-state index contributed by atoms with van der Waals surface area (Å²) in [6, 6.07) is 4.93. The lowest BCUT2D eigenvalue weighted by atomic mass is 10.3. The van der Waals surface area contributed by atoms with Crippen LogP contribution in [0.3, 0.4) is 0 Å². The van der Waals surface area contributed by atoms with Gasteiger partial charge in [-0.3, -0.25) is 9.00 Å². The monoisotopic (exact) mass is 261 g/mol. The molecular formula is C10H12ClNO3S. The summed E-state index contributed by atoms with van der Waals surface area (Å²) in [5, 5.41) is 2.58. The lowest BCUT2D eigenvalue weighted by molar-refractivity contribution is -0.113. The number of nitrogens with one attached hydrogen (secondary N) is 1. The lowest BCUT2D eigenvalue weighted by Crippen LogP contribution is -2.12. The summed E-state index contributed by atoms with van der Waals surface area (Å²) in [5.74, 6) is 0.112. The Kier molecular flexibility index (Phi) is 4.76. The Hall–Kier alpha value is -1.07. The van der Waals surface area contributed by atoms with Crippen molar-refractivity contribution in [1.29, 1.82) is 0 Å². The summed E-state index contributed by atoms with van der Waals surface area (Å²) < 4.78 is 16.5. The normalized spacial score (nSPS) is 11.9. The Morgan fingerprint density at radius 2 is 2.25 bits per heavy atom. The van der Waals surface area contributed by atoms with Gasteiger partial charge in [0.25, 0.3) is 0 Å². The minimum Gasteiger partial charge on any atom is -0.495 e. The van der Waals surface area contributed by atoms with E-state index in [9.17, 15) is 9.00 Å². The number of carbonyl (C=O) groups is 1. The van der Waals surface area contributed by atoms with E-state index in [0.717, 1.165) is 0 Å². The van der Waals surface area contributed by atoms with Gasteiger partial charge in [0.1, 0.15) is 11.6 Å². The van der Waals surface area contributed by atoms with E-state index in [2.05, 4.69) is 5.32 Å². The van der Waals surface area contributed by atoms with E-state index in [-0.39, 0.29) is 11.8 Å². The number of anilines is 1. The van der Waals surface area contributed by atoms with Crippen LogP contribution >= 0.6 is 11.6 Å². The summed E-state index contributed by atoms with van der Waals surface area (Å²) >= 11 is 5.37. The zero-order valence-electron chi connectivity index (χ0n) is 8.95. The van der Waals surface area contributed by atoms with Crippen LogP contribution in [0.2, 0.25) is 0 Å². The number of hydrogen-bond acceptors (Lipinski definition) is 3. The van der Waals surface area contributed by atoms with Crippen LogP contribution in [0.15, 0.2) is 23.1 Å². The molecule has 0 aromatic heterocycles. The van der Waals surface area contributed by atoms with E-state index in [1.807, 2.05) is 0 Å². The predicted molar refractivity (Wildman–Crippen MR) is 64.7 cm³/mol. The third kappa shape index (κ3) is 3.21. The van der Waals surface area contributed by atoms with Gasteiger partial charge in [0.15, 0.2) is 0 Å². The van der Waals surface area contributed by atoms with E-state index < -0.39 is 10.8 Å². The molecule has 6 heteroatoms. The van der Waals surface area contributed by atoms with Crippen molar-refractivity contribution in [3.05, 3.63) is 18.2 Å². The van der Waals surface area contributed by atoms with Crippen molar-refractivity contribution in [2.45, 2.75) is 4.90 Å². The van der Waals surface area contributed by atoms with Gasteiger partial charge in [0.2, 0.25) is 5.91 Å². The third-order valence-electron chi connectivity index (χ3n) is 1.88. The maximum Gasteiger partial charge on any atom is 0.239 e. The molecule has 0 aliphatic rings. The molecular weight excluding hydrogens is 250 g/mol. The molecule has 88 valence electrons. The van der Waals surface area contributed by atoms with Crippen LogP contribution in [-0.2, 0) is 15.6 Å². The van der Waals surface area contributed by atoms with Crippen LogP contribution < -0.4 is 10.1 Å². The van der Waals surface area contributed by atoms with Gasteiger partial charge in [-0.2, -0.15) is 0 Å². The summed E-state index contributed by atoms with van der Waals surface area (Å²) in [4.78, 5) is 11.6. The smallest absolute Gasteiger partial charge is 0.239 e. The van der Waals surface area contributed by atoms with Crippen LogP contribution in [0.4, 0.5) is 5.69 Å². The molecule has 0 saturated carbocycles. The first-order chi connectivity index (χ1) is 7.58. The van der Waals surface area contributed by atoms with Crippen LogP contribution in [0, 0.1) is 0 Å². The predicted octanol–water partition coefficient (Wildman–Crippen LogP) is 1.61. The minimum atomic E-state index is -1.18. The van der Waals surface area contributed by atoms with Crippen molar-refractivity contribution in [2.75, 3.05) is 24.6 Å². The molecule has 16 heavy (non-hydrogen) atoms. The molecule has 1 aromatic rings. The first-order valence-electron chi connectivity index (χ1n) is 4.45. The Morgan fingerprint density at radius 3 is 2.75 bits per heavy atom. The zero-order valence-corrected chi connectivity index (χ0v) is 10.5. The van der Waals surface area contributed by atoms with Crippen LogP contribution in [-0.4, -0.2) is 29.4 Å². The van der Waals surface area contributed by atoms with Crippen molar-refractivity contribution in [1.82, 2.24) is 0 Å². The van der Waals surface area contributed by atoms with Crippen molar-refractivity contribution in [3.63, 3.8) is 0 Å². The molecule has 1 amide bonds. The van der Waals surface area contributed by atoms with Crippen LogP contribution in [0.25, 0.3) is 0 Å². The zero-order chi connectivity index (χ0) is 12.1. The molecule has 0 fully saturated rings. The number of amides is 1. The highest BCUT2D eigenvalue weighted by atomic mass is 35.5. The van der Waals surface area contributed by atoms with Crippen molar-refractivity contribution in [3.8, 4) is 5.75 Å². The lowest BCUT2D eigenvalue weighted by Gasteiger charge is -2.09. The number of carbonyl (C=O) groups excluding carboxylic acids is 1. The van der Waals surface area contributed by atoms with Crippen molar-refractivity contribution < 1.29 is 13.7 Å². The molecule has 0 radical (unpaired) electrons. The highest BCUT2D eigenvalue weighted by molar-refractivity contribution is 7.84. The van der Waals surface area contributed by atoms with E-state index in [1.165, 1.54) is 7.11 Å². The third-order valence-corrected chi connectivity index (χ3v) is 3.06. The first kappa shape index (κ1) is 13.0. The fourth-order valence-corrected chi connectivity index (χ4v) is 1.97. The molecule has 4 nitrogen and oxygen atoms in total. The molecule has 0 aliphatic carbocycles. The number of alkyl halides is 1. The average Bonchev–Trinajstić information content (AvgIpc) is 2.28. The Morgan fingerprint density at radius 1 is 1.56 bits per heavy atom. The van der Waals surface area contributed by atoms with Crippen LogP contribution in [0.5, 0.6) is 5.75 Å². The molecule has 0 saturated heterocycles. The van der Waals surface area contributed by atoms with Gasteiger partial charge in [-0.25, -0.2) is 0 Å². The number of hydrogen-bond donors (Lipinski definition) is 1. The second-order valence-electron chi connectivity index (χ2n) is 3.00. The van der Waals surface area contributed by atoms with E-state index in [4.69, 9.17) is 16.3 Å². The molecule has 1 N–H and O–H groups in total. The maximum absolute atomic E-state index is 11.4. The maximum atomic E-state index is 11.4. The number of methoxy groups -OCH3 is 1. The largest absolute Gasteiger partial charge is 0.495 e. The van der Waals surface area contributed by atoms with Gasteiger partial charge in [0, 0.05) is 11.9 Å². The summed E-state index contributed by atoms with van der Waals surface area (Å²) in [6.07, 6.45) is 1.55. The first-order valence-corrected chi connectivity index (χ1v) is 6.55. The summed E-state index contributed by atoms with van der Waals surface area (Å²) in [7, 11) is 0.326. The Bertz CT molecular complexity index is 423. The van der Waals surface area contributed by atoms with Gasteiger partial charge in [-0.05, 0) is 18.2 Å². The number of halogens is 1. The van der Waals surface area contributed by atoms with Gasteiger partial charge in [0.05, 0.1) is 22.8 Å². The number of ether oxygens (including phenoxy) is 1. The number of rotatable bonds is 4. The summed E-state index contributed by atoms with van der Waals surface area (Å²) in [5.41, 5.74) is 0.552. The van der Waals surface area contributed by atoms with Gasteiger partial charge >= 0.3 is 0 Å². The second kappa shape index (κ2) is 5.86. The number of benzene rings is 1. The summed E-state index contributed by atoms with van der Waals surface area (Å²) in [6.45, 7) is 0. The Labute approximate surface area is 101 Å². The SMILES string of the molecule is COc1ccc(NC(=O)CCl)cc1S(C)=O. The van der Waals surface area contributed by atoms with E-state index in [1.54, 1.807) is 24.5 Å². The quantitative estimate of drug-likeness (QED) is 0.838. The molecule has 0 aliphatic heterocycles. The molecule has 0 heterocycles. The minimum absolute atomic E-state index is 0.115. The topological polar surface area (TPSA) is 55.4 Å². The fourth-order valence-electron chi connectivity index (χ4n) is 1.17. The molecule has 1 aromatic carbocycles. The molecule has 0 spiro atoms. The van der Waals surface area contributed by atoms with E-state index >= 15 is 0 Å². The highest BCUT2D eigenvalue weighted by Gasteiger charge is 2.09. The fraction of sp³-hybridized carbons (Fsp3) is 0.300. The molecule has 0 bridgehead atoms. The standard InChI is InChI=1S/C10H12ClNO3S/c1-15-8-4-3-7(12-10(13)6-11)5-9(8)16(2)14/h3-5H,6H2,1-2H3,(H,12,13). The van der Waals surface area contributed by atoms with E-state index in [0.29, 0.717) is 16.3 Å². The molecule has 1 atom stereocenters. The average molecular weight is 262 g/mol. The van der Waals surface area contributed by atoms with Crippen molar-refractivity contribution in [2.24, 2.45) is 0 Å². The van der Waals surface area contributed by atoms with Crippen LogP contribution in [0.1, 0.15) is 0 Å². The van der Waals surface area contributed by atoms with Gasteiger partial charge in [-0.1, -0.05) is 0 Å². The molecule has 1 rings (SSSR count). The highest BCUT2D eigenvalue weighted by Crippen LogP contribution is 2.25. The van der Waals surface area contributed by atoms with Gasteiger partial charge in [-0.15, -0.1) is 11.6 Å². The Balaban J connectivity index is 3.02. The van der Waals surface area contributed by atoms with Gasteiger partial charge < -0.3 is 10.1 Å². The molecule has 1 unspecified atom stereocenters.